The molecule has 13 heteroatoms. The summed E-state index contributed by atoms with van der Waals surface area (Å²) < 4.78 is 4.98. The van der Waals surface area contributed by atoms with Gasteiger partial charge in [0.2, 0.25) is 5.91 Å². The van der Waals surface area contributed by atoms with E-state index in [2.05, 4.69) is 26.2 Å². The van der Waals surface area contributed by atoms with Crippen molar-refractivity contribution < 1.29 is 9.59 Å². The predicted octanol–water partition coefficient (Wildman–Crippen LogP) is 4.36. The zero-order valence-electron chi connectivity index (χ0n) is 28.4. The summed E-state index contributed by atoms with van der Waals surface area (Å²) >= 11 is 0. The van der Waals surface area contributed by atoms with Crippen molar-refractivity contribution in [2.75, 3.05) is 18.8 Å². The number of hydrogen-bond acceptors (Lipinski definition) is 8. The maximum absolute atomic E-state index is 14.1. The quantitative estimate of drug-likeness (QED) is 0.252. The number of amides is 2. The number of primary amides is 1. The largest absolute Gasteiger partial charge is 0.382 e. The van der Waals surface area contributed by atoms with Crippen molar-refractivity contribution in [3.63, 3.8) is 0 Å². The van der Waals surface area contributed by atoms with Gasteiger partial charge in [0, 0.05) is 72.4 Å². The van der Waals surface area contributed by atoms with Gasteiger partial charge in [-0.1, -0.05) is 38.1 Å². The maximum atomic E-state index is 14.1. The fourth-order valence-electron chi connectivity index (χ4n) is 7.15. The Morgan fingerprint density at radius 2 is 1.72 bits per heavy atom. The lowest BCUT2D eigenvalue weighted by atomic mass is 9.90. The van der Waals surface area contributed by atoms with Gasteiger partial charge in [-0.2, -0.15) is 10.2 Å². The number of piperidine rings is 1. The monoisotopic (exact) mass is 670 g/mol. The lowest BCUT2D eigenvalue weighted by molar-refractivity contribution is -0.135. The van der Waals surface area contributed by atoms with Gasteiger partial charge in [-0.3, -0.25) is 28.6 Å². The van der Waals surface area contributed by atoms with Crippen LogP contribution in [0.15, 0.2) is 78.2 Å². The smallest absolute Gasteiger partial charge is 0.268 e. The number of rotatable bonds is 7. The zero-order chi connectivity index (χ0) is 35.3. The number of nitrogens with two attached hydrogens (primary N) is 2. The SMILES string of the molecule is Cc1c(-c2ccn(C)n2)c(-c2ccc(-c3cc(C4CCN(C(=O)C(C)C)CC4)n4ncnc(N)c34)cc2)c(C(N)=O)c(=O)n1-c1cccnc1. The summed E-state index contributed by atoms with van der Waals surface area (Å²) in [5.74, 6) is -0.191. The molecule has 0 spiro atoms. The normalized spacial score (nSPS) is 13.7. The Balaban J connectivity index is 1.35. The summed E-state index contributed by atoms with van der Waals surface area (Å²) in [4.78, 5) is 50.3. The van der Waals surface area contributed by atoms with E-state index in [4.69, 9.17) is 11.5 Å². The van der Waals surface area contributed by atoms with Crippen LogP contribution in [-0.4, -0.2) is 63.7 Å². The van der Waals surface area contributed by atoms with E-state index in [1.165, 1.54) is 10.9 Å². The van der Waals surface area contributed by atoms with E-state index in [0.29, 0.717) is 58.2 Å². The highest BCUT2D eigenvalue weighted by atomic mass is 16.2. The van der Waals surface area contributed by atoms with Crippen molar-refractivity contribution in [3.8, 4) is 39.2 Å². The number of nitrogen functional groups attached to an aromatic ring is 1. The number of aromatic nitrogens is 7. The number of nitrogens with zero attached hydrogens (tertiary/aromatic N) is 8. The molecule has 0 bridgehead atoms. The average molecular weight is 671 g/mol. The molecule has 1 fully saturated rings. The Bertz CT molecular complexity index is 2310. The predicted molar refractivity (Wildman–Crippen MR) is 191 cm³/mol. The molecule has 6 aromatic rings. The Morgan fingerprint density at radius 1 is 1.00 bits per heavy atom. The van der Waals surface area contributed by atoms with Crippen LogP contribution in [0.3, 0.4) is 0 Å². The lowest BCUT2D eigenvalue weighted by Crippen LogP contribution is -2.40. The number of likely N-dealkylation sites (tertiary alicyclic amines) is 1. The van der Waals surface area contributed by atoms with E-state index < -0.39 is 11.5 Å². The molecule has 13 nitrogen and oxygen atoms in total. The Labute approximate surface area is 288 Å². The van der Waals surface area contributed by atoms with E-state index >= 15 is 0 Å². The molecule has 0 saturated carbocycles. The second-order valence-electron chi connectivity index (χ2n) is 13.0. The van der Waals surface area contributed by atoms with E-state index in [1.54, 1.807) is 42.5 Å². The van der Waals surface area contributed by atoms with Crippen molar-refractivity contribution in [1.29, 1.82) is 0 Å². The molecule has 1 aromatic carbocycles. The van der Waals surface area contributed by atoms with Gasteiger partial charge in [0.1, 0.15) is 17.4 Å². The fraction of sp³-hybridized carbons (Fsp3) is 0.270. The maximum Gasteiger partial charge on any atom is 0.268 e. The van der Waals surface area contributed by atoms with Crippen molar-refractivity contribution >= 4 is 23.1 Å². The molecule has 50 heavy (non-hydrogen) atoms. The number of fused-ring (bicyclic) bond motifs is 1. The van der Waals surface area contributed by atoms with E-state index in [-0.39, 0.29) is 23.3 Å². The molecular formula is C37H38N10O3. The number of carbonyl (C=O) groups is 2. The van der Waals surface area contributed by atoms with Gasteiger partial charge in [-0.25, -0.2) is 9.50 Å². The molecule has 1 aliphatic heterocycles. The molecule has 7 rings (SSSR count). The van der Waals surface area contributed by atoms with E-state index in [9.17, 15) is 14.4 Å². The molecule has 0 radical (unpaired) electrons. The van der Waals surface area contributed by atoms with Crippen LogP contribution in [0.2, 0.25) is 0 Å². The van der Waals surface area contributed by atoms with Crippen LogP contribution in [0.4, 0.5) is 5.82 Å². The van der Waals surface area contributed by atoms with Crippen LogP contribution in [0.25, 0.3) is 44.7 Å². The minimum absolute atomic E-state index is 0.0381. The van der Waals surface area contributed by atoms with Gasteiger partial charge in [0.15, 0.2) is 5.82 Å². The summed E-state index contributed by atoms with van der Waals surface area (Å²) in [6.45, 7) is 7.04. The lowest BCUT2D eigenvalue weighted by Gasteiger charge is -2.33. The van der Waals surface area contributed by atoms with Gasteiger partial charge in [-0.05, 0) is 55.2 Å². The summed E-state index contributed by atoms with van der Waals surface area (Å²) in [7, 11) is 1.81. The molecule has 6 heterocycles. The average Bonchev–Trinajstić information content (AvgIpc) is 3.72. The topological polar surface area (TPSA) is 172 Å². The fourth-order valence-corrected chi connectivity index (χ4v) is 7.15. The van der Waals surface area contributed by atoms with Gasteiger partial charge < -0.3 is 16.4 Å². The van der Waals surface area contributed by atoms with Crippen LogP contribution in [0.5, 0.6) is 0 Å². The molecule has 2 amide bonds. The van der Waals surface area contributed by atoms with Gasteiger partial charge in [0.25, 0.3) is 11.5 Å². The number of aryl methyl sites for hydroxylation is 1. The minimum atomic E-state index is -0.849. The first-order valence-electron chi connectivity index (χ1n) is 16.6. The number of pyridine rings is 2. The van der Waals surface area contributed by atoms with Crippen LogP contribution < -0.4 is 17.0 Å². The zero-order valence-corrected chi connectivity index (χ0v) is 28.4. The Hall–Kier alpha value is -6.11. The first-order chi connectivity index (χ1) is 24.0. The summed E-state index contributed by atoms with van der Waals surface area (Å²) in [5, 5.41) is 9.24. The van der Waals surface area contributed by atoms with Crippen molar-refractivity contribution in [2.24, 2.45) is 18.7 Å². The number of benzene rings is 1. The highest BCUT2D eigenvalue weighted by Gasteiger charge is 2.30. The Morgan fingerprint density at radius 3 is 2.34 bits per heavy atom. The second-order valence-corrected chi connectivity index (χ2v) is 13.0. The van der Waals surface area contributed by atoms with Crippen molar-refractivity contribution in [3.05, 3.63) is 101 Å². The first kappa shape index (κ1) is 32.4. The van der Waals surface area contributed by atoms with Crippen molar-refractivity contribution in [1.82, 2.24) is 38.8 Å². The molecule has 4 N–H and O–H groups in total. The number of anilines is 1. The molecule has 1 saturated heterocycles. The van der Waals surface area contributed by atoms with Gasteiger partial charge >= 0.3 is 0 Å². The highest BCUT2D eigenvalue weighted by Crippen LogP contribution is 2.40. The molecule has 5 aromatic heterocycles. The standard InChI is InChI=1S/C37H38N10O3/c1-21(2)36(49)45-16-11-24(12-17-45)29-18-27(33-34(38)41-20-42-47(29)33)23-7-9-25(10-8-23)31-30(28-13-15-44(4)43-28)22(3)46(26-6-5-14-40-19-26)37(50)32(31)35(39)48/h5-10,13-15,18-21,24H,11-12,16-17H2,1-4H3,(H2,39,48)(H2,38,41,42). The minimum Gasteiger partial charge on any atom is -0.382 e. The van der Waals surface area contributed by atoms with Gasteiger partial charge in [-0.15, -0.1) is 0 Å². The third kappa shape index (κ3) is 5.50. The molecule has 0 aliphatic carbocycles. The molecule has 0 unspecified atom stereocenters. The summed E-state index contributed by atoms with van der Waals surface area (Å²) in [6.07, 6.45) is 8.06. The number of hydrogen-bond donors (Lipinski definition) is 2. The third-order valence-corrected chi connectivity index (χ3v) is 9.55. The van der Waals surface area contributed by atoms with Gasteiger partial charge in [0.05, 0.1) is 17.6 Å². The molecule has 0 atom stereocenters. The van der Waals surface area contributed by atoms with Crippen LogP contribution in [-0.2, 0) is 11.8 Å². The van der Waals surface area contributed by atoms with Crippen LogP contribution in [0, 0.1) is 12.8 Å². The van der Waals surface area contributed by atoms with Crippen LogP contribution >= 0.6 is 0 Å². The van der Waals surface area contributed by atoms with Crippen LogP contribution in [0.1, 0.15) is 54.4 Å². The molecular weight excluding hydrogens is 632 g/mol. The summed E-state index contributed by atoms with van der Waals surface area (Å²) in [5.41, 5.74) is 18.4. The number of carbonyl (C=O) groups excluding carboxylic acids is 2. The first-order valence-corrected chi connectivity index (χ1v) is 16.6. The second kappa shape index (κ2) is 12.7. The summed E-state index contributed by atoms with van der Waals surface area (Å²) in [6, 6.07) is 15.0. The van der Waals surface area contributed by atoms with Crippen molar-refractivity contribution in [2.45, 2.75) is 39.5 Å². The Kier molecular flexibility index (Phi) is 8.26. The highest BCUT2D eigenvalue weighted by molar-refractivity contribution is 6.04. The third-order valence-electron chi connectivity index (χ3n) is 9.55. The molecule has 254 valence electrons. The van der Waals surface area contributed by atoms with E-state index in [0.717, 1.165) is 29.7 Å². The molecule has 1 aliphatic rings. The van der Waals surface area contributed by atoms with E-state index in [1.807, 2.05) is 60.5 Å².